The fraction of sp³-hybridized carbons (Fsp3) is 0.333. The van der Waals surface area contributed by atoms with E-state index in [2.05, 4.69) is 48.7 Å². The van der Waals surface area contributed by atoms with Crippen molar-refractivity contribution in [3.8, 4) is 0 Å². The van der Waals surface area contributed by atoms with Crippen LogP contribution in [0.4, 0.5) is 0 Å². The van der Waals surface area contributed by atoms with Crippen molar-refractivity contribution in [3.63, 3.8) is 0 Å². The van der Waals surface area contributed by atoms with Crippen molar-refractivity contribution < 1.29 is 0 Å². The molecule has 0 aliphatic carbocycles. The van der Waals surface area contributed by atoms with E-state index in [4.69, 9.17) is 5.73 Å². The highest BCUT2D eigenvalue weighted by Crippen LogP contribution is 2.19. The highest BCUT2D eigenvalue weighted by atomic mass is 32.1. The van der Waals surface area contributed by atoms with Gasteiger partial charge in [-0.2, -0.15) is 0 Å². The molecule has 2 N–H and O–H groups in total. The average Bonchev–Trinajstić information content (AvgIpc) is 2.89. The standard InChI is InChI=1S/C15H19NS/c1-2-12-5-7-13(8-6-12)15(16)10-9-14-4-3-11-17-14/h3-8,11,15H,2,9-10,16H2,1H3. The third-order valence-electron chi connectivity index (χ3n) is 3.10. The van der Waals surface area contributed by atoms with Crippen LogP contribution in [0.2, 0.25) is 0 Å². The van der Waals surface area contributed by atoms with Crippen LogP contribution in [0.3, 0.4) is 0 Å². The Bertz CT molecular complexity index is 430. The van der Waals surface area contributed by atoms with E-state index in [1.807, 2.05) is 11.3 Å². The Hall–Kier alpha value is -1.12. The van der Waals surface area contributed by atoms with E-state index in [-0.39, 0.29) is 6.04 Å². The average molecular weight is 245 g/mol. The summed E-state index contributed by atoms with van der Waals surface area (Å²) in [4.78, 5) is 1.42. The topological polar surface area (TPSA) is 26.0 Å². The fourth-order valence-corrected chi connectivity index (χ4v) is 2.64. The highest BCUT2D eigenvalue weighted by molar-refractivity contribution is 7.09. The van der Waals surface area contributed by atoms with Gasteiger partial charge >= 0.3 is 0 Å². The molecular weight excluding hydrogens is 226 g/mol. The molecule has 1 aromatic carbocycles. The summed E-state index contributed by atoms with van der Waals surface area (Å²) in [7, 11) is 0. The number of hydrogen-bond donors (Lipinski definition) is 1. The van der Waals surface area contributed by atoms with Gasteiger partial charge in [-0.25, -0.2) is 0 Å². The molecule has 2 aromatic rings. The zero-order valence-electron chi connectivity index (χ0n) is 10.2. The normalized spacial score (nSPS) is 12.6. The van der Waals surface area contributed by atoms with E-state index in [0.29, 0.717) is 0 Å². The van der Waals surface area contributed by atoms with Gasteiger partial charge in [-0.05, 0) is 41.8 Å². The second-order valence-corrected chi connectivity index (χ2v) is 5.35. The summed E-state index contributed by atoms with van der Waals surface area (Å²) >= 11 is 1.81. The number of benzene rings is 1. The third-order valence-corrected chi connectivity index (χ3v) is 4.03. The van der Waals surface area contributed by atoms with Gasteiger partial charge in [-0.1, -0.05) is 37.3 Å². The van der Waals surface area contributed by atoms with Gasteiger partial charge in [-0.3, -0.25) is 0 Å². The largest absolute Gasteiger partial charge is 0.324 e. The van der Waals surface area contributed by atoms with Crippen molar-refractivity contribution in [1.82, 2.24) is 0 Å². The third kappa shape index (κ3) is 3.42. The van der Waals surface area contributed by atoms with Crippen LogP contribution in [0, 0.1) is 0 Å². The zero-order valence-corrected chi connectivity index (χ0v) is 11.0. The van der Waals surface area contributed by atoms with E-state index in [0.717, 1.165) is 19.3 Å². The Labute approximate surface area is 107 Å². The van der Waals surface area contributed by atoms with E-state index < -0.39 is 0 Å². The minimum atomic E-state index is 0.156. The summed E-state index contributed by atoms with van der Waals surface area (Å²) in [5, 5.41) is 2.12. The summed E-state index contributed by atoms with van der Waals surface area (Å²) in [6, 6.07) is 13.1. The first-order chi connectivity index (χ1) is 8.29. The van der Waals surface area contributed by atoms with Crippen molar-refractivity contribution in [1.29, 1.82) is 0 Å². The quantitative estimate of drug-likeness (QED) is 0.848. The van der Waals surface area contributed by atoms with Crippen molar-refractivity contribution >= 4 is 11.3 Å². The van der Waals surface area contributed by atoms with Gasteiger partial charge in [0.2, 0.25) is 0 Å². The number of hydrogen-bond acceptors (Lipinski definition) is 2. The molecule has 0 spiro atoms. The van der Waals surface area contributed by atoms with E-state index in [1.165, 1.54) is 16.0 Å². The fourth-order valence-electron chi connectivity index (χ4n) is 1.92. The number of rotatable bonds is 5. The summed E-state index contributed by atoms with van der Waals surface area (Å²) in [5.74, 6) is 0. The van der Waals surface area contributed by atoms with Crippen LogP contribution in [0.1, 0.15) is 35.4 Å². The molecule has 90 valence electrons. The summed E-state index contributed by atoms with van der Waals surface area (Å²) in [6.45, 7) is 2.17. The second-order valence-electron chi connectivity index (χ2n) is 4.32. The maximum Gasteiger partial charge on any atom is 0.0298 e. The predicted molar refractivity (Wildman–Crippen MR) is 75.4 cm³/mol. The second kappa shape index (κ2) is 5.99. The lowest BCUT2D eigenvalue weighted by Gasteiger charge is -2.11. The molecule has 0 aliphatic heterocycles. The maximum absolute atomic E-state index is 6.21. The Morgan fingerprint density at radius 1 is 1.18 bits per heavy atom. The Morgan fingerprint density at radius 2 is 1.94 bits per heavy atom. The van der Waals surface area contributed by atoms with Crippen molar-refractivity contribution in [3.05, 3.63) is 57.8 Å². The molecule has 0 radical (unpaired) electrons. The molecular formula is C15H19NS. The smallest absolute Gasteiger partial charge is 0.0298 e. The first kappa shape index (κ1) is 12.3. The molecule has 0 fully saturated rings. The summed E-state index contributed by atoms with van der Waals surface area (Å²) in [5.41, 5.74) is 8.83. The van der Waals surface area contributed by atoms with Gasteiger partial charge in [0.05, 0.1) is 0 Å². The molecule has 1 unspecified atom stereocenters. The zero-order chi connectivity index (χ0) is 12.1. The minimum Gasteiger partial charge on any atom is -0.324 e. The van der Waals surface area contributed by atoms with Crippen LogP contribution >= 0.6 is 11.3 Å². The first-order valence-electron chi connectivity index (χ1n) is 6.16. The van der Waals surface area contributed by atoms with Crippen molar-refractivity contribution in [2.75, 3.05) is 0 Å². The van der Waals surface area contributed by atoms with Gasteiger partial charge in [-0.15, -0.1) is 11.3 Å². The lowest BCUT2D eigenvalue weighted by atomic mass is 10.0. The molecule has 0 saturated carbocycles. The SMILES string of the molecule is CCc1ccc(C(N)CCc2cccs2)cc1. The highest BCUT2D eigenvalue weighted by Gasteiger charge is 2.06. The van der Waals surface area contributed by atoms with Crippen LogP contribution in [0.5, 0.6) is 0 Å². The summed E-state index contributed by atoms with van der Waals surface area (Å²) < 4.78 is 0. The van der Waals surface area contributed by atoms with Gasteiger partial charge in [0.1, 0.15) is 0 Å². The molecule has 1 heterocycles. The number of nitrogens with two attached hydrogens (primary N) is 1. The van der Waals surface area contributed by atoms with Gasteiger partial charge < -0.3 is 5.73 Å². The van der Waals surface area contributed by atoms with Crippen LogP contribution in [0.25, 0.3) is 0 Å². The van der Waals surface area contributed by atoms with E-state index in [1.54, 1.807) is 0 Å². The lowest BCUT2D eigenvalue weighted by Crippen LogP contribution is -2.11. The Morgan fingerprint density at radius 3 is 2.53 bits per heavy atom. The van der Waals surface area contributed by atoms with E-state index in [9.17, 15) is 0 Å². The molecule has 2 heteroatoms. The molecule has 0 saturated heterocycles. The summed E-state index contributed by atoms with van der Waals surface area (Å²) in [6.07, 6.45) is 3.19. The van der Waals surface area contributed by atoms with Crippen molar-refractivity contribution in [2.24, 2.45) is 5.73 Å². The molecule has 1 aromatic heterocycles. The minimum absolute atomic E-state index is 0.156. The molecule has 0 aliphatic rings. The number of aryl methyl sites for hydroxylation is 2. The molecule has 17 heavy (non-hydrogen) atoms. The van der Waals surface area contributed by atoms with Gasteiger partial charge in [0.25, 0.3) is 0 Å². The lowest BCUT2D eigenvalue weighted by molar-refractivity contribution is 0.655. The van der Waals surface area contributed by atoms with Crippen LogP contribution < -0.4 is 5.73 Å². The van der Waals surface area contributed by atoms with Crippen LogP contribution in [0.15, 0.2) is 41.8 Å². The maximum atomic E-state index is 6.21. The van der Waals surface area contributed by atoms with Crippen LogP contribution in [-0.4, -0.2) is 0 Å². The monoisotopic (exact) mass is 245 g/mol. The first-order valence-corrected chi connectivity index (χ1v) is 7.04. The van der Waals surface area contributed by atoms with Crippen molar-refractivity contribution in [2.45, 2.75) is 32.2 Å². The Balaban J connectivity index is 1.92. The molecule has 2 rings (SSSR count). The van der Waals surface area contributed by atoms with E-state index >= 15 is 0 Å². The van der Waals surface area contributed by atoms with Gasteiger partial charge in [0.15, 0.2) is 0 Å². The number of thiophene rings is 1. The Kier molecular flexibility index (Phi) is 4.35. The molecule has 1 nitrogen and oxygen atoms in total. The molecule has 0 amide bonds. The molecule has 0 bridgehead atoms. The molecule has 1 atom stereocenters. The van der Waals surface area contributed by atoms with Gasteiger partial charge in [0, 0.05) is 10.9 Å². The predicted octanol–water partition coefficient (Wildman–Crippen LogP) is 3.94. The van der Waals surface area contributed by atoms with Crippen LogP contribution in [-0.2, 0) is 12.8 Å².